The van der Waals surface area contributed by atoms with Crippen LogP contribution in [-0.4, -0.2) is 26.8 Å². The van der Waals surface area contributed by atoms with E-state index in [2.05, 4.69) is 4.74 Å². The summed E-state index contributed by atoms with van der Waals surface area (Å²) >= 11 is 0. The molecule has 0 N–H and O–H groups in total. The molecule has 0 rings (SSSR count). The average molecular weight is 144 g/mol. The first kappa shape index (κ1) is 9.17. The van der Waals surface area contributed by atoms with Crippen molar-refractivity contribution in [1.82, 2.24) is 0 Å². The maximum Gasteiger partial charge on any atom is 0.309 e. The quantitative estimate of drug-likeness (QED) is 0.431. The number of rotatable bonds is 4. The Bertz CT molecular complexity index is 118. The van der Waals surface area contributed by atoms with Crippen molar-refractivity contribution in [2.45, 2.75) is 6.42 Å². The Kier molecular flexibility index (Phi) is 5.77. The Morgan fingerprint density at radius 3 is 2.60 bits per heavy atom. The van der Waals surface area contributed by atoms with E-state index in [0.717, 1.165) is 0 Å². The Labute approximate surface area is 60.6 Å². The molecule has 0 heterocycles. The predicted octanol–water partition coefficient (Wildman–Crippen LogP) is 0.752. The molecule has 0 saturated carbocycles. The lowest BCUT2D eigenvalue weighted by Crippen LogP contribution is -1.97. The first-order valence-electron chi connectivity index (χ1n) is 3.02. The van der Waals surface area contributed by atoms with E-state index in [9.17, 15) is 4.79 Å². The first-order chi connectivity index (χ1) is 4.81. The second-order valence-electron chi connectivity index (χ2n) is 1.71. The molecule has 0 saturated heterocycles. The van der Waals surface area contributed by atoms with Crippen molar-refractivity contribution in [3.05, 3.63) is 12.2 Å². The third kappa shape index (κ3) is 5.31. The molecule has 58 valence electrons. The van der Waals surface area contributed by atoms with Crippen LogP contribution in [0.2, 0.25) is 0 Å². The zero-order valence-corrected chi connectivity index (χ0v) is 6.29. The fraction of sp³-hybridized carbons (Fsp3) is 0.571. The number of ether oxygens (including phenoxy) is 2. The van der Waals surface area contributed by atoms with Gasteiger partial charge in [-0.05, 0) is 0 Å². The number of carbonyl (C=O) groups excluding carboxylic acids is 1. The Hall–Kier alpha value is -0.830. The van der Waals surface area contributed by atoms with Crippen molar-refractivity contribution < 1.29 is 14.3 Å². The molecule has 0 atom stereocenters. The second kappa shape index (κ2) is 6.29. The van der Waals surface area contributed by atoms with E-state index in [1.54, 1.807) is 19.3 Å². The summed E-state index contributed by atoms with van der Waals surface area (Å²) in [5, 5.41) is 0. The van der Waals surface area contributed by atoms with Crippen LogP contribution in [0.1, 0.15) is 6.42 Å². The molecular weight excluding hydrogens is 132 g/mol. The van der Waals surface area contributed by atoms with Crippen molar-refractivity contribution >= 4 is 5.97 Å². The molecule has 0 spiro atoms. The molecule has 0 unspecified atom stereocenters. The van der Waals surface area contributed by atoms with Crippen molar-refractivity contribution in [2.24, 2.45) is 0 Å². The highest BCUT2D eigenvalue weighted by atomic mass is 16.5. The van der Waals surface area contributed by atoms with Crippen molar-refractivity contribution in [3.63, 3.8) is 0 Å². The second-order valence-corrected chi connectivity index (χ2v) is 1.71. The van der Waals surface area contributed by atoms with Crippen molar-refractivity contribution in [2.75, 3.05) is 20.8 Å². The summed E-state index contributed by atoms with van der Waals surface area (Å²) in [5.74, 6) is -0.229. The normalized spacial score (nSPS) is 10.2. The molecule has 0 aliphatic heterocycles. The molecule has 0 aromatic rings. The number of hydrogen-bond acceptors (Lipinski definition) is 3. The highest BCUT2D eigenvalue weighted by Gasteiger charge is 1.92. The van der Waals surface area contributed by atoms with E-state index in [0.29, 0.717) is 13.0 Å². The maximum atomic E-state index is 10.5. The van der Waals surface area contributed by atoms with E-state index in [-0.39, 0.29) is 5.97 Å². The predicted molar refractivity (Wildman–Crippen MR) is 37.6 cm³/mol. The van der Waals surface area contributed by atoms with Crippen LogP contribution >= 0.6 is 0 Å². The first-order valence-corrected chi connectivity index (χ1v) is 3.02. The van der Waals surface area contributed by atoms with Crippen LogP contribution in [0.25, 0.3) is 0 Å². The largest absolute Gasteiger partial charge is 0.469 e. The van der Waals surface area contributed by atoms with Gasteiger partial charge >= 0.3 is 5.97 Å². The van der Waals surface area contributed by atoms with Crippen molar-refractivity contribution in [1.29, 1.82) is 0 Å². The monoisotopic (exact) mass is 144 g/mol. The van der Waals surface area contributed by atoms with Gasteiger partial charge < -0.3 is 9.47 Å². The molecule has 0 amide bonds. The number of carbonyl (C=O) groups is 1. The van der Waals surface area contributed by atoms with Crippen molar-refractivity contribution in [3.8, 4) is 0 Å². The molecule has 0 radical (unpaired) electrons. The molecular formula is C7H12O3. The third-order valence-electron chi connectivity index (χ3n) is 0.942. The lowest BCUT2D eigenvalue weighted by atomic mass is 10.4. The minimum atomic E-state index is -0.229. The van der Waals surface area contributed by atoms with Gasteiger partial charge in [-0.3, -0.25) is 4.79 Å². The molecule has 10 heavy (non-hydrogen) atoms. The van der Waals surface area contributed by atoms with Crippen LogP contribution < -0.4 is 0 Å². The van der Waals surface area contributed by atoms with Gasteiger partial charge in [-0.2, -0.15) is 0 Å². The number of esters is 1. The van der Waals surface area contributed by atoms with Gasteiger partial charge in [0.1, 0.15) is 0 Å². The molecule has 0 aliphatic rings. The summed E-state index contributed by atoms with van der Waals surface area (Å²) < 4.78 is 9.12. The fourth-order valence-corrected chi connectivity index (χ4v) is 0.427. The van der Waals surface area contributed by atoms with Gasteiger partial charge in [0, 0.05) is 7.11 Å². The van der Waals surface area contributed by atoms with E-state index in [1.165, 1.54) is 7.11 Å². The van der Waals surface area contributed by atoms with Crippen LogP contribution in [0.5, 0.6) is 0 Å². The smallest absolute Gasteiger partial charge is 0.309 e. The van der Waals surface area contributed by atoms with Gasteiger partial charge in [-0.15, -0.1) is 0 Å². The van der Waals surface area contributed by atoms with Gasteiger partial charge in [-0.1, -0.05) is 12.2 Å². The molecule has 0 aromatic heterocycles. The highest BCUT2D eigenvalue weighted by molar-refractivity contribution is 5.70. The molecule has 3 nitrogen and oxygen atoms in total. The molecule has 0 aliphatic carbocycles. The van der Waals surface area contributed by atoms with E-state index >= 15 is 0 Å². The Balaban J connectivity index is 3.25. The summed E-state index contributed by atoms with van der Waals surface area (Å²) in [6, 6.07) is 0. The lowest BCUT2D eigenvalue weighted by molar-refractivity contribution is -0.139. The summed E-state index contributed by atoms with van der Waals surface area (Å²) in [7, 11) is 2.97. The maximum absolute atomic E-state index is 10.5. The highest BCUT2D eigenvalue weighted by Crippen LogP contribution is 1.85. The van der Waals surface area contributed by atoms with Gasteiger partial charge in [0.2, 0.25) is 0 Å². The summed E-state index contributed by atoms with van der Waals surface area (Å²) in [6.07, 6.45) is 3.81. The van der Waals surface area contributed by atoms with Crippen LogP contribution in [0.15, 0.2) is 12.2 Å². The van der Waals surface area contributed by atoms with E-state index < -0.39 is 0 Å². The molecule has 3 heteroatoms. The topological polar surface area (TPSA) is 35.5 Å². The van der Waals surface area contributed by atoms with Gasteiger partial charge in [0.05, 0.1) is 20.1 Å². The van der Waals surface area contributed by atoms with Gasteiger partial charge in [-0.25, -0.2) is 0 Å². The Morgan fingerprint density at radius 1 is 1.40 bits per heavy atom. The fourth-order valence-electron chi connectivity index (χ4n) is 0.427. The molecule has 0 aromatic carbocycles. The minimum absolute atomic E-state index is 0.229. The number of hydrogen-bond donors (Lipinski definition) is 0. The van der Waals surface area contributed by atoms with Crippen LogP contribution in [0.4, 0.5) is 0 Å². The van der Waals surface area contributed by atoms with Gasteiger partial charge in [0.15, 0.2) is 0 Å². The number of methoxy groups -OCH3 is 2. The van der Waals surface area contributed by atoms with Gasteiger partial charge in [0.25, 0.3) is 0 Å². The standard InChI is InChI=1S/C7H12O3/c1-9-6-4-3-5-7(8)10-2/h3-4H,5-6H2,1-2H3. The van der Waals surface area contributed by atoms with E-state index in [1.807, 2.05) is 0 Å². The summed E-state index contributed by atoms with van der Waals surface area (Å²) in [5.41, 5.74) is 0. The SMILES string of the molecule is COCC=CCC(=O)OC. The van der Waals surface area contributed by atoms with E-state index in [4.69, 9.17) is 4.74 Å². The average Bonchev–Trinajstić information content (AvgIpc) is 1.98. The molecule has 0 fully saturated rings. The zero-order chi connectivity index (χ0) is 7.82. The zero-order valence-electron chi connectivity index (χ0n) is 6.29. The lowest BCUT2D eigenvalue weighted by Gasteiger charge is -1.91. The summed E-state index contributed by atoms with van der Waals surface area (Å²) in [6.45, 7) is 0.539. The third-order valence-corrected chi connectivity index (χ3v) is 0.942. The summed E-state index contributed by atoms with van der Waals surface area (Å²) in [4.78, 5) is 10.5. The van der Waals surface area contributed by atoms with Crippen LogP contribution in [-0.2, 0) is 14.3 Å². The van der Waals surface area contributed by atoms with Crippen LogP contribution in [0, 0.1) is 0 Å². The van der Waals surface area contributed by atoms with Crippen LogP contribution in [0.3, 0.4) is 0 Å². The molecule has 0 bridgehead atoms. The Morgan fingerprint density at radius 2 is 2.10 bits per heavy atom. The minimum Gasteiger partial charge on any atom is -0.469 e.